The van der Waals surface area contributed by atoms with Crippen LogP contribution in [0.3, 0.4) is 0 Å². The van der Waals surface area contributed by atoms with Crippen molar-refractivity contribution in [2.24, 2.45) is 0 Å². The van der Waals surface area contributed by atoms with Crippen LogP contribution >= 0.6 is 0 Å². The number of carbonyl (C=O) groups excluding carboxylic acids is 2. The van der Waals surface area contributed by atoms with Crippen LogP contribution in [0.1, 0.15) is 18.1 Å². The molecular weight excluding hydrogens is 342 g/mol. The van der Waals surface area contributed by atoms with E-state index in [-0.39, 0.29) is 25.0 Å². The quantitative estimate of drug-likeness (QED) is 0.787. The molecule has 142 valence electrons. The molecule has 1 aliphatic heterocycles. The van der Waals surface area contributed by atoms with Crippen LogP contribution in [-0.4, -0.2) is 42.5 Å². The molecule has 0 spiro atoms. The third-order valence-corrected chi connectivity index (χ3v) is 4.47. The lowest BCUT2D eigenvalue weighted by molar-refractivity contribution is -0.154. The van der Waals surface area contributed by atoms with Crippen molar-refractivity contribution in [3.05, 3.63) is 65.7 Å². The number of nitrogens with zero attached hydrogens (tertiary/aromatic N) is 1. The van der Waals surface area contributed by atoms with Gasteiger partial charge in [-0.15, -0.1) is 0 Å². The van der Waals surface area contributed by atoms with E-state index in [4.69, 9.17) is 4.74 Å². The number of hydrogen-bond donors (Lipinski definition) is 2. The Hall–Kier alpha value is -2.70. The fraction of sp³-hybridized carbons (Fsp3) is 0.333. The van der Waals surface area contributed by atoms with E-state index in [2.05, 4.69) is 10.6 Å². The van der Waals surface area contributed by atoms with Crippen molar-refractivity contribution in [3.8, 4) is 0 Å². The van der Waals surface area contributed by atoms with Crippen LogP contribution in [-0.2, 0) is 27.4 Å². The summed E-state index contributed by atoms with van der Waals surface area (Å²) in [4.78, 5) is 26.8. The fourth-order valence-electron chi connectivity index (χ4n) is 3.05. The predicted molar refractivity (Wildman–Crippen MR) is 104 cm³/mol. The highest BCUT2D eigenvalue weighted by Crippen LogP contribution is 2.17. The Morgan fingerprint density at radius 2 is 1.93 bits per heavy atom. The Morgan fingerprint density at radius 3 is 2.70 bits per heavy atom. The van der Waals surface area contributed by atoms with Crippen molar-refractivity contribution in [2.45, 2.75) is 26.1 Å². The fourth-order valence-corrected chi connectivity index (χ4v) is 3.05. The van der Waals surface area contributed by atoms with Crippen molar-refractivity contribution in [3.63, 3.8) is 0 Å². The summed E-state index contributed by atoms with van der Waals surface area (Å²) < 4.78 is 5.34. The zero-order valence-corrected chi connectivity index (χ0v) is 15.5. The summed E-state index contributed by atoms with van der Waals surface area (Å²) >= 11 is 0. The second-order valence-corrected chi connectivity index (χ2v) is 6.51. The molecule has 1 heterocycles. The number of amides is 2. The lowest BCUT2D eigenvalue weighted by Crippen LogP contribution is -2.54. The molecule has 0 aliphatic carbocycles. The Morgan fingerprint density at radius 1 is 1.15 bits per heavy atom. The van der Waals surface area contributed by atoms with Crippen LogP contribution in [0.2, 0.25) is 0 Å². The molecule has 2 aromatic rings. The van der Waals surface area contributed by atoms with Gasteiger partial charge in [-0.2, -0.15) is 0 Å². The van der Waals surface area contributed by atoms with E-state index in [9.17, 15) is 9.59 Å². The third-order valence-electron chi connectivity index (χ3n) is 4.47. The summed E-state index contributed by atoms with van der Waals surface area (Å²) in [7, 11) is 0. The summed E-state index contributed by atoms with van der Waals surface area (Å²) in [5.74, 6) is -0.411. The number of rotatable bonds is 7. The van der Waals surface area contributed by atoms with E-state index < -0.39 is 6.04 Å². The van der Waals surface area contributed by atoms with Crippen LogP contribution in [0.15, 0.2) is 54.6 Å². The molecule has 0 radical (unpaired) electrons. The second-order valence-electron chi connectivity index (χ2n) is 6.51. The van der Waals surface area contributed by atoms with Gasteiger partial charge >= 0.3 is 0 Å². The molecular formula is C21H25N3O3. The van der Waals surface area contributed by atoms with Crippen molar-refractivity contribution in [2.75, 3.05) is 25.1 Å². The molecule has 0 bridgehead atoms. The SMILES string of the molecule is CCNCc1cccc(NC(=O)[C@H]2COCC(=O)N2Cc2ccccc2)c1. The number of ether oxygens (including phenoxy) is 1. The Kier molecular flexibility index (Phi) is 6.57. The molecule has 1 aliphatic rings. The van der Waals surface area contributed by atoms with Crippen molar-refractivity contribution >= 4 is 17.5 Å². The average molecular weight is 367 g/mol. The van der Waals surface area contributed by atoms with Gasteiger partial charge in [-0.1, -0.05) is 49.4 Å². The number of benzene rings is 2. The van der Waals surface area contributed by atoms with Gasteiger partial charge in [0.05, 0.1) is 6.61 Å². The maximum atomic E-state index is 12.8. The number of morpholine rings is 1. The molecule has 0 saturated carbocycles. The maximum Gasteiger partial charge on any atom is 0.249 e. The molecule has 2 aromatic carbocycles. The summed E-state index contributed by atoms with van der Waals surface area (Å²) in [5.41, 5.74) is 2.79. The Balaban J connectivity index is 1.70. The van der Waals surface area contributed by atoms with Gasteiger partial charge in [0.25, 0.3) is 0 Å². The summed E-state index contributed by atoms with van der Waals surface area (Å²) in [6.45, 7) is 4.27. The van der Waals surface area contributed by atoms with Crippen molar-refractivity contribution in [1.82, 2.24) is 10.2 Å². The van der Waals surface area contributed by atoms with Gasteiger partial charge in [-0.05, 0) is 29.8 Å². The molecule has 0 unspecified atom stereocenters. The molecule has 3 rings (SSSR count). The minimum Gasteiger partial charge on any atom is -0.369 e. The number of carbonyl (C=O) groups is 2. The van der Waals surface area contributed by atoms with Crippen LogP contribution in [0.4, 0.5) is 5.69 Å². The Labute approximate surface area is 159 Å². The van der Waals surface area contributed by atoms with E-state index >= 15 is 0 Å². The Bertz CT molecular complexity index is 779. The topological polar surface area (TPSA) is 70.7 Å². The monoisotopic (exact) mass is 367 g/mol. The van der Waals surface area contributed by atoms with Gasteiger partial charge in [-0.25, -0.2) is 0 Å². The van der Waals surface area contributed by atoms with Gasteiger partial charge in [0.15, 0.2) is 0 Å². The molecule has 27 heavy (non-hydrogen) atoms. The van der Waals surface area contributed by atoms with Crippen LogP contribution < -0.4 is 10.6 Å². The molecule has 6 heteroatoms. The first-order valence-electron chi connectivity index (χ1n) is 9.19. The molecule has 1 atom stereocenters. The summed E-state index contributed by atoms with van der Waals surface area (Å²) in [5, 5.41) is 6.19. The molecule has 1 saturated heterocycles. The van der Waals surface area contributed by atoms with E-state index in [0.717, 1.165) is 24.2 Å². The smallest absolute Gasteiger partial charge is 0.249 e. The van der Waals surface area contributed by atoms with Crippen LogP contribution in [0.25, 0.3) is 0 Å². The zero-order valence-electron chi connectivity index (χ0n) is 15.5. The maximum absolute atomic E-state index is 12.8. The van der Waals surface area contributed by atoms with E-state index in [1.54, 1.807) is 4.90 Å². The standard InChI is InChI=1S/C21H25N3O3/c1-2-22-12-17-9-6-10-18(11-17)23-21(26)19-14-27-15-20(25)24(19)13-16-7-4-3-5-8-16/h3-11,19,22H,2,12-15H2,1H3,(H,23,26)/t19-/m1/s1. The first kappa shape index (κ1) is 19.1. The first-order chi connectivity index (χ1) is 13.2. The van der Waals surface area contributed by atoms with E-state index in [1.165, 1.54) is 0 Å². The zero-order chi connectivity index (χ0) is 19.1. The van der Waals surface area contributed by atoms with Gasteiger partial charge < -0.3 is 20.3 Å². The predicted octanol–water partition coefficient (Wildman–Crippen LogP) is 2.16. The third kappa shape index (κ3) is 5.15. The molecule has 2 N–H and O–H groups in total. The van der Waals surface area contributed by atoms with E-state index in [1.807, 2.05) is 61.5 Å². The van der Waals surface area contributed by atoms with Gasteiger partial charge in [-0.3, -0.25) is 9.59 Å². The minimum atomic E-state index is -0.649. The second kappa shape index (κ2) is 9.30. The molecule has 0 aromatic heterocycles. The van der Waals surface area contributed by atoms with Crippen LogP contribution in [0, 0.1) is 0 Å². The average Bonchev–Trinajstić information content (AvgIpc) is 2.69. The minimum absolute atomic E-state index is 0.00872. The number of hydrogen-bond acceptors (Lipinski definition) is 4. The highest BCUT2D eigenvalue weighted by atomic mass is 16.5. The van der Waals surface area contributed by atoms with Gasteiger partial charge in [0, 0.05) is 18.8 Å². The first-order valence-corrected chi connectivity index (χ1v) is 9.19. The normalized spacial score (nSPS) is 17.0. The molecule has 1 fully saturated rings. The number of nitrogens with one attached hydrogen (secondary N) is 2. The van der Waals surface area contributed by atoms with Crippen LogP contribution in [0.5, 0.6) is 0 Å². The van der Waals surface area contributed by atoms with Gasteiger partial charge in [0.1, 0.15) is 12.6 Å². The van der Waals surface area contributed by atoms with Crippen molar-refractivity contribution in [1.29, 1.82) is 0 Å². The summed E-state index contributed by atoms with van der Waals surface area (Å²) in [6, 6.07) is 16.7. The number of anilines is 1. The highest BCUT2D eigenvalue weighted by molar-refractivity contribution is 5.98. The molecule has 2 amide bonds. The lowest BCUT2D eigenvalue weighted by atomic mass is 10.1. The highest BCUT2D eigenvalue weighted by Gasteiger charge is 2.34. The molecule has 6 nitrogen and oxygen atoms in total. The van der Waals surface area contributed by atoms with Gasteiger partial charge in [0.2, 0.25) is 11.8 Å². The van der Waals surface area contributed by atoms with Crippen molar-refractivity contribution < 1.29 is 14.3 Å². The van der Waals surface area contributed by atoms with E-state index in [0.29, 0.717) is 12.2 Å². The lowest BCUT2D eigenvalue weighted by Gasteiger charge is -2.34. The summed E-state index contributed by atoms with van der Waals surface area (Å²) in [6.07, 6.45) is 0. The largest absolute Gasteiger partial charge is 0.369 e.